The molecule has 2 unspecified atom stereocenters. The predicted molar refractivity (Wildman–Crippen MR) is 148 cm³/mol. The second kappa shape index (κ2) is 11.9. The predicted octanol–water partition coefficient (Wildman–Crippen LogP) is 4.77. The van der Waals surface area contributed by atoms with E-state index in [0.29, 0.717) is 40.2 Å². The Balaban J connectivity index is 1.62. The molecular formula is C29H28F5N5O4. The fourth-order valence-electron chi connectivity index (χ4n) is 4.87. The van der Waals surface area contributed by atoms with Gasteiger partial charge in [0.25, 0.3) is 11.5 Å². The van der Waals surface area contributed by atoms with Crippen molar-refractivity contribution in [1.82, 2.24) is 19.3 Å². The number of imidazole rings is 1. The van der Waals surface area contributed by atoms with Crippen LogP contribution in [0.15, 0.2) is 47.5 Å². The number of carboxylic acid groups (broad SMARTS) is 1. The summed E-state index contributed by atoms with van der Waals surface area (Å²) in [6.45, 7) is 4.82. The summed E-state index contributed by atoms with van der Waals surface area (Å²) in [6.07, 6.45) is -2.45. The highest BCUT2D eigenvalue weighted by Gasteiger charge is 2.38. The number of rotatable bonds is 9. The van der Waals surface area contributed by atoms with E-state index in [0.717, 1.165) is 5.69 Å². The lowest BCUT2D eigenvalue weighted by molar-refractivity contribution is -0.143. The largest absolute Gasteiger partial charge is 0.480 e. The van der Waals surface area contributed by atoms with Crippen LogP contribution in [0.4, 0.5) is 27.6 Å². The van der Waals surface area contributed by atoms with Crippen molar-refractivity contribution in [3.05, 3.63) is 87.2 Å². The molecule has 14 heteroatoms. The van der Waals surface area contributed by atoms with Gasteiger partial charge in [-0.2, -0.15) is 13.2 Å². The van der Waals surface area contributed by atoms with Crippen molar-refractivity contribution >= 4 is 23.2 Å². The SMILES string of the molecule is CCC(Nc1cc(F)c(C(=O)NC(Cc2ccc(-c3c(C)cc(C)n(C)c3=O)c3nccn23)C(=O)O)c(F)c1)C(F)(F)F. The number of carbonyl (C=O) groups is 2. The molecule has 0 bridgehead atoms. The minimum absolute atomic E-state index is 0.250. The molecule has 3 N–H and O–H groups in total. The summed E-state index contributed by atoms with van der Waals surface area (Å²) in [5.74, 6) is -5.87. The van der Waals surface area contributed by atoms with Gasteiger partial charge >= 0.3 is 12.1 Å². The quantitative estimate of drug-likeness (QED) is 0.237. The fraction of sp³-hybridized carbons (Fsp3) is 0.310. The summed E-state index contributed by atoms with van der Waals surface area (Å²) in [6, 6.07) is 2.33. The number of aryl methyl sites for hydroxylation is 2. The summed E-state index contributed by atoms with van der Waals surface area (Å²) < 4.78 is 71.8. The Kier molecular flexibility index (Phi) is 8.60. The molecule has 9 nitrogen and oxygen atoms in total. The Labute approximate surface area is 242 Å². The number of nitrogens with zero attached hydrogens (tertiary/aromatic N) is 3. The van der Waals surface area contributed by atoms with Gasteiger partial charge in [-0.15, -0.1) is 0 Å². The maximum absolute atomic E-state index is 14.8. The van der Waals surface area contributed by atoms with Crippen LogP contribution in [-0.2, 0) is 18.3 Å². The van der Waals surface area contributed by atoms with Gasteiger partial charge in [-0.3, -0.25) is 9.59 Å². The van der Waals surface area contributed by atoms with Crippen LogP contribution in [0.2, 0.25) is 0 Å². The van der Waals surface area contributed by atoms with Gasteiger partial charge in [0, 0.05) is 48.5 Å². The number of aromatic nitrogens is 3. The Bertz CT molecular complexity index is 1760. The van der Waals surface area contributed by atoms with Gasteiger partial charge in [0.2, 0.25) is 0 Å². The second-order valence-corrected chi connectivity index (χ2v) is 10.1. The molecule has 0 aliphatic carbocycles. The highest BCUT2D eigenvalue weighted by Crippen LogP contribution is 2.28. The zero-order valence-electron chi connectivity index (χ0n) is 23.5. The normalized spacial score (nSPS) is 13.1. The summed E-state index contributed by atoms with van der Waals surface area (Å²) in [5.41, 5.74) is 1.14. The molecule has 4 aromatic rings. The molecule has 1 aromatic carbocycles. The van der Waals surface area contributed by atoms with E-state index >= 15 is 0 Å². The molecular weight excluding hydrogens is 577 g/mol. The third-order valence-electron chi connectivity index (χ3n) is 7.20. The van der Waals surface area contributed by atoms with Crippen molar-refractivity contribution in [2.45, 2.75) is 51.9 Å². The topological polar surface area (TPSA) is 118 Å². The second-order valence-electron chi connectivity index (χ2n) is 10.1. The monoisotopic (exact) mass is 605 g/mol. The summed E-state index contributed by atoms with van der Waals surface area (Å²) in [5, 5.41) is 13.9. The maximum atomic E-state index is 14.8. The first-order valence-corrected chi connectivity index (χ1v) is 13.1. The van der Waals surface area contributed by atoms with Gasteiger partial charge in [-0.25, -0.2) is 18.6 Å². The molecule has 228 valence electrons. The first kappa shape index (κ1) is 31.2. The van der Waals surface area contributed by atoms with Crippen LogP contribution < -0.4 is 16.2 Å². The maximum Gasteiger partial charge on any atom is 0.408 e. The van der Waals surface area contributed by atoms with Gasteiger partial charge in [0.15, 0.2) is 0 Å². The third kappa shape index (κ3) is 6.22. The molecule has 0 saturated carbocycles. The lowest BCUT2D eigenvalue weighted by Gasteiger charge is -2.22. The average molecular weight is 606 g/mol. The van der Waals surface area contributed by atoms with E-state index in [2.05, 4.69) is 10.3 Å². The number of amides is 1. The average Bonchev–Trinajstić information content (AvgIpc) is 3.40. The van der Waals surface area contributed by atoms with Crippen LogP contribution >= 0.6 is 0 Å². The number of hydrogen-bond acceptors (Lipinski definition) is 5. The highest BCUT2D eigenvalue weighted by molar-refractivity contribution is 5.97. The van der Waals surface area contributed by atoms with Gasteiger partial charge in [0.1, 0.15) is 34.9 Å². The van der Waals surface area contributed by atoms with Crippen LogP contribution in [0, 0.1) is 25.5 Å². The highest BCUT2D eigenvalue weighted by atomic mass is 19.4. The number of hydrogen-bond donors (Lipinski definition) is 3. The Morgan fingerprint density at radius 2 is 1.74 bits per heavy atom. The molecule has 2 atom stereocenters. The van der Waals surface area contributed by atoms with E-state index in [1.54, 1.807) is 43.6 Å². The number of nitrogens with one attached hydrogen (secondary N) is 2. The minimum Gasteiger partial charge on any atom is -0.480 e. The van der Waals surface area contributed by atoms with Crippen molar-refractivity contribution in [3.63, 3.8) is 0 Å². The van der Waals surface area contributed by atoms with Gasteiger partial charge < -0.3 is 24.7 Å². The fourth-order valence-corrected chi connectivity index (χ4v) is 4.87. The van der Waals surface area contributed by atoms with Gasteiger partial charge in [0.05, 0.1) is 5.56 Å². The first-order valence-electron chi connectivity index (χ1n) is 13.1. The molecule has 1 amide bonds. The number of anilines is 1. The van der Waals surface area contributed by atoms with Crippen molar-refractivity contribution in [2.24, 2.45) is 7.05 Å². The number of halogens is 5. The number of carbonyl (C=O) groups excluding carboxylic acids is 1. The summed E-state index contributed by atoms with van der Waals surface area (Å²) in [7, 11) is 1.64. The molecule has 3 aromatic heterocycles. The van der Waals surface area contributed by atoms with Gasteiger partial charge in [-0.05, 0) is 56.2 Å². The smallest absolute Gasteiger partial charge is 0.408 e. The molecule has 0 aliphatic rings. The van der Waals surface area contributed by atoms with Crippen LogP contribution in [0.25, 0.3) is 16.8 Å². The van der Waals surface area contributed by atoms with E-state index in [1.807, 2.05) is 11.4 Å². The Hall–Kier alpha value is -4.75. The van der Waals surface area contributed by atoms with E-state index in [1.165, 1.54) is 17.7 Å². The molecule has 0 radical (unpaired) electrons. The van der Waals surface area contributed by atoms with Gasteiger partial charge in [-0.1, -0.05) is 6.92 Å². The van der Waals surface area contributed by atoms with Crippen LogP contribution in [0.5, 0.6) is 0 Å². The summed E-state index contributed by atoms with van der Waals surface area (Å²) in [4.78, 5) is 42.3. The lowest BCUT2D eigenvalue weighted by atomic mass is 10.0. The molecule has 0 spiro atoms. The Morgan fingerprint density at radius 1 is 1.09 bits per heavy atom. The van der Waals surface area contributed by atoms with E-state index < -0.39 is 59.4 Å². The third-order valence-corrected chi connectivity index (χ3v) is 7.20. The van der Waals surface area contributed by atoms with Crippen LogP contribution in [0.3, 0.4) is 0 Å². The van der Waals surface area contributed by atoms with Crippen molar-refractivity contribution in [1.29, 1.82) is 0 Å². The van der Waals surface area contributed by atoms with Crippen molar-refractivity contribution in [2.75, 3.05) is 5.32 Å². The zero-order chi connectivity index (χ0) is 31.8. The number of alkyl halides is 3. The number of carboxylic acids is 1. The molecule has 4 rings (SSSR count). The minimum atomic E-state index is -4.68. The number of pyridine rings is 2. The van der Waals surface area contributed by atoms with E-state index in [9.17, 15) is 41.4 Å². The Morgan fingerprint density at radius 3 is 2.33 bits per heavy atom. The molecule has 0 fully saturated rings. The van der Waals surface area contributed by atoms with E-state index in [4.69, 9.17) is 0 Å². The molecule has 3 heterocycles. The van der Waals surface area contributed by atoms with E-state index in [-0.39, 0.29) is 12.0 Å². The molecule has 0 aliphatic heterocycles. The molecule has 0 saturated heterocycles. The first-order chi connectivity index (χ1) is 20.1. The van der Waals surface area contributed by atoms with Crippen LogP contribution in [0.1, 0.15) is 40.7 Å². The van der Waals surface area contributed by atoms with Crippen molar-refractivity contribution in [3.8, 4) is 11.1 Å². The van der Waals surface area contributed by atoms with Crippen molar-refractivity contribution < 1.29 is 36.6 Å². The zero-order valence-corrected chi connectivity index (χ0v) is 23.5. The lowest BCUT2D eigenvalue weighted by Crippen LogP contribution is -2.43. The number of aliphatic carboxylic acids is 1. The van der Waals surface area contributed by atoms with Crippen LogP contribution in [-0.4, -0.2) is 49.2 Å². The number of fused-ring (bicyclic) bond motifs is 1. The summed E-state index contributed by atoms with van der Waals surface area (Å²) >= 11 is 0. The standard InChI is InChI=1S/C29H28F5N5O4/c1-5-22(29(32,33)34)36-16-11-19(30)24(20(31)12-16)26(40)37-21(28(42)43)13-17-6-7-18(25-35-8-9-39(17)25)23-14(2)10-15(3)38(4)27(23)41/h6-12,21-22,36H,5,13H2,1-4H3,(H,37,40)(H,42,43). The molecule has 43 heavy (non-hydrogen) atoms. The number of benzene rings is 1.